The van der Waals surface area contributed by atoms with Gasteiger partial charge in [-0.05, 0) is 56.5 Å². The summed E-state index contributed by atoms with van der Waals surface area (Å²) in [6.45, 7) is 5.11. The number of hydrogen-bond donors (Lipinski definition) is 0. The topological polar surface area (TPSA) is 91.6 Å². The number of likely N-dealkylation sites (tertiary alicyclic amines) is 1. The zero-order chi connectivity index (χ0) is 28.3. The largest absolute Gasteiger partial charge is 0.483 e. The molecular weight excluding hydrogens is 532 g/mol. The highest BCUT2D eigenvalue weighted by molar-refractivity contribution is 5.85. The van der Waals surface area contributed by atoms with E-state index in [4.69, 9.17) is 19.2 Å². The van der Waals surface area contributed by atoms with Crippen LogP contribution in [0.4, 0.5) is 8.78 Å². The van der Waals surface area contributed by atoms with Crippen molar-refractivity contribution in [2.24, 2.45) is 0 Å². The third kappa shape index (κ3) is 6.20. The number of rotatable bonds is 10. The first kappa shape index (κ1) is 27.2. The van der Waals surface area contributed by atoms with Gasteiger partial charge in [-0.2, -0.15) is 4.98 Å². The van der Waals surface area contributed by atoms with Crippen molar-refractivity contribution in [2.75, 3.05) is 13.2 Å². The van der Waals surface area contributed by atoms with Crippen LogP contribution in [0.1, 0.15) is 48.2 Å². The van der Waals surface area contributed by atoms with Gasteiger partial charge in [0.1, 0.15) is 30.6 Å². The van der Waals surface area contributed by atoms with Gasteiger partial charge in [0.15, 0.2) is 17.4 Å². The SMILES string of the molecule is C[C@H]1C[C@@H](Oc2ccnc(COc3ccc(F)cc3F)n2)CCN1Cc1nc2ccc(C=O)cc2n1C[C@@H]1CCO1. The van der Waals surface area contributed by atoms with Gasteiger partial charge in [0, 0.05) is 43.1 Å². The number of ether oxygens (including phenoxy) is 3. The van der Waals surface area contributed by atoms with E-state index < -0.39 is 11.6 Å². The first-order valence-corrected chi connectivity index (χ1v) is 13.8. The number of aromatic nitrogens is 4. The molecule has 4 heterocycles. The third-order valence-corrected chi connectivity index (χ3v) is 7.70. The molecule has 2 aliphatic heterocycles. The van der Waals surface area contributed by atoms with E-state index in [-0.39, 0.29) is 30.6 Å². The van der Waals surface area contributed by atoms with Gasteiger partial charge in [-0.3, -0.25) is 9.69 Å². The molecule has 0 saturated carbocycles. The predicted octanol–water partition coefficient (Wildman–Crippen LogP) is 4.72. The number of benzene rings is 2. The summed E-state index contributed by atoms with van der Waals surface area (Å²) in [7, 11) is 0. The minimum absolute atomic E-state index is 0.0307. The fourth-order valence-electron chi connectivity index (χ4n) is 5.34. The maximum Gasteiger partial charge on any atom is 0.216 e. The Morgan fingerprint density at radius 2 is 2.00 bits per heavy atom. The summed E-state index contributed by atoms with van der Waals surface area (Å²) >= 11 is 0. The average Bonchev–Trinajstić information content (AvgIpc) is 3.27. The second-order valence-corrected chi connectivity index (χ2v) is 10.5. The number of carbonyl (C=O) groups excluding carboxylic acids is 1. The van der Waals surface area contributed by atoms with Crippen LogP contribution in [0.3, 0.4) is 0 Å². The zero-order valence-electron chi connectivity index (χ0n) is 22.7. The molecule has 0 bridgehead atoms. The summed E-state index contributed by atoms with van der Waals surface area (Å²) in [5, 5.41) is 0. The molecule has 0 radical (unpaired) electrons. The van der Waals surface area contributed by atoms with E-state index >= 15 is 0 Å². The molecule has 0 aliphatic carbocycles. The van der Waals surface area contributed by atoms with Crippen LogP contribution in [0, 0.1) is 11.6 Å². The Morgan fingerprint density at radius 3 is 2.76 bits per heavy atom. The highest BCUT2D eigenvalue weighted by atomic mass is 19.1. The van der Waals surface area contributed by atoms with Crippen LogP contribution in [0.5, 0.6) is 11.6 Å². The summed E-state index contributed by atoms with van der Waals surface area (Å²) in [5.41, 5.74) is 2.46. The third-order valence-electron chi connectivity index (χ3n) is 7.70. The number of piperidine rings is 1. The molecule has 2 saturated heterocycles. The number of halogens is 2. The fraction of sp³-hybridized carbons (Fsp3) is 0.400. The van der Waals surface area contributed by atoms with Gasteiger partial charge in [0.05, 0.1) is 30.2 Å². The molecule has 2 aromatic heterocycles. The Bertz CT molecular complexity index is 1540. The summed E-state index contributed by atoms with van der Waals surface area (Å²) < 4.78 is 46.5. The minimum Gasteiger partial charge on any atom is -0.483 e. The monoisotopic (exact) mass is 563 g/mol. The quantitative estimate of drug-likeness (QED) is 0.256. The van der Waals surface area contributed by atoms with Crippen LogP contribution in [-0.4, -0.2) is 62.1 Å². The predicted molar refractivity (Wildman–Crippen MR) is 146 cm³/mol. The maximum absolute atomic E-state index is 13.9. The summed E-state index contributed by atoms with van der Waals surface area (Å²) in [6, 6.07) is 10.7. The molecule has 4 aromatic rings. The fourth-order valence-corrected chi connectivity index (χ4v) is 5.34. The van der Waals surface area contributed by atoms with Gasteiger partial charge >= 0.3 is 0 Å². The summed E-state index contributed by atoms with van der Waals surface area (Å²) in [6.07, 6.45) is 5.21. The first-order chi connectivity index (χ1) is 19.9. The Hall–Kier alpha value is -3.96. The van der Waals surface area contributed by atoms with Crippen molar-refractivity contribution < 1.29 is 27.8 Å². The van der Waals surface area contributed by atoms with E-state index in [1.807, 2.05) is 12.1 Å². The van der Waals surface area contributed by atoms with Crippen LogP contribution in [0.15, 0.2) is 48.7 Å². The Morgan fingerprint density at radius 1 is 1.12 bits per heavy atom. The Kier molecular flexibility index (Phi) is 7.89. The molecule has 3 atom stereocenters. The smallest absolute Gasteiger partial charge is 0.216 e. The number of fused-ring (bicyclic) bond motifs is 1. The molecule has 214 valence electrons. The number of hydrogen-bond acceptors (Lipinski definition) is 8. The van der Waals surface area contributed by atoms with Crippen molar-refractivity contribution in [3.63, 3.8) is 0 Å². The lowest BCUT2D eigenvalue weighted by molar-refractivity contribution is -0.0593. The average molecular weight is 564 g/mol. The minimum atomic E-state index is -0.782. The lowest BCUT2D eigenvalue weighted by atomic mass is 10.0. The highest BCUT2D eigenvalue weighted by Crippen LogP contribution is 2.27. The summed E-state index contributed by atoms with van der Waals surface area (Å²) in [5.74, 6) is 0.205. The van der Waals surface area contributed by atoms with E-state index in [9.17, 15) is 13.6 Å². The Labute approximate surface area is 236 Å². The van der Waals surface area contributed by atoms with Crippen molar-refractivity contribution in [1.29, 1.82) is 0 Å². The molecular formula is C30H31F2N5O4. The zero-order valence-corrected chi connectivity index (χ0v) is 22.7. The van der Waals surface area contributed by atoms with Crippen LogP contribution in [0.2, 0.25) is 0 Å². The van der Waals surface area contributed by atoms with Crippen LogP contribution < -0.4 is 9.47 Å². The molecule has 2 aliphatic rings. The van der Waals surface area contributed by atoms with Gasteiger partial charge in [-0.1, -0.05) is 0 Å². The standard InChI is InChI=1S/C30H31F2N5O4/c1-19-12-22(41-30-6-9-33-28(35-30)18-40-27-5-3-21(31)14-24(27)32)7-10-36(19)16-29-34-25-4-2-20(17-38)13-26(25)37(29)15-23-8-11-39-23/h2-6,9,13-14,17,19,22-23H,7-8,10-12,15-16,18H2,1H3/t19-,22-,23-/m0/s1. The lowest BCUT2D eigenvalue weighted by Gasteiger charge is -2.37. The van der Waals surface area contributed by atoms with Crippen LogP contribution in [-0.2, 0) is 24.4 Å². The van der Waals surface area contributed by atoms with E-state index in [1.54, 1.807) is 18.3 Å². The Balaban J connectivity index is 1.08. The number of imidazole rings is 1. The van der Waals surface area contributed by atoms with E-state index in [0.29, 0.717) is 23.8 Å². The molecule has 0 unspecified atom stereocenters. The second kappa shape index (κ2) is 11.9. The first-order valence-electron chi connectivity index (χ1n) is 13.8. The molecule has 0 spiro atoms. The second-order valence-electron chi connectivity index (χ2n) is 10.5. The van der Waals surface area contributed by atoms with Crippen molar-refractivity contribution in [3.8, 4) is 11.6 Å². The molecule has 9 nitrogen and oxygen atoms in total. The molecule has 2 fully saturated rings. The number of nitrogens with zero attached hydrogens (tertiary/aromatic N) is 5. The molecule has 6 rings (SSSR count). The van der Waals surface area contributed by atoms with Gasteiger partial charge in [0.25, 0.3) is 0 Å². The molecule has 11 heteroatoms. The van der Waals surface area contributed by atoms with Crippen molar-refractivity contribution in [2.45, 2.75) is 64.1 Å². The van der Waals surface area contributed by atoms with E-state index in [0.717, 1.165) is 74.2 Å². The lowest BCUT2D eigenvalue weighted by Crippen LogP contribution is -2.44. The molecule has 2 aromatic carbocycles. The van der Waals surface area contributed by atoms with Gasteiger partial charge in [-0.25, -0.2) is 18.7 Å². The number of aldehydes is 1. The normalized spacial score (nSPS) is 21.0. The van der Waals surface area contributed by atoms with Gasteiger partial charge < -0.3 is 18.8 Å². The number of carbonyl (C=O) groups is 1. The van der Waals surface area contributed by atoms with E-state index in [2.05, 4.69) is 26.4 Å². The molecule has 0 N–H and O–H groups in total. The highest BCUT2D eigenvalue weighted by Gasteiger charge is 2.29. The molecule has 41 heavy (non-hydrogen) atoms. The van der Waals surface area contributed by atoms with Gasteiger partial charge in [-0.15, -0.1) is 0 Å². The van der Waals surface area contributed by atoms with E-state index in [1.165, 1.54) is 6.07 Å². The van der Waals surface area contributed by atoms with Crippen molar-refractivity contribution >= 4 is 17.3 Å². The van der Waals surface area contributed by atoms with Crippen LogP contribution in [0.25, 0.3) is 11.0 Å². The van der Waals surface area contributed by atoms with Crippen molar-refractivity contribution in [1.82, 2.24) is 24.4 Å². The van der Waals surface area contributed by atoms with Crippen molar-refractivity contribution in [3.05, 3.63) is 77.5 Å². The summed E-state index contributed by atoms with van der Waals surface area (Å²) in [4.78, 5) is 27.3. The van der Waals surface area contributed by atoms with Gasteiger partial charge in [0.2, 0.25) is 5.88 Å². The van der Waals surface area contributed by atoms with Crippen LogP contribution >= 0.6 is 0 Å². The maximum atomic E-state index is 13.9. The molecule has 0 amide bonds.